The van der Waals surface area contributed by atoms with Crippen molar-refractivity contribution < 1.29 is 0 Å². The van der Waals surface area contributed by atoms with E-state index in [-0.39, 0.29) is 6.04 Å². The van der Waals surface area contributed by atoms with Crippen molar-refractivity contribution in [1.29, 1.82) is 0 Å². The summed E-state index contributed by atoms with van der Waals surface area (Å²) < 4.78 is 1.83. The summed E-state index contributed by atoms with van der Waals surface area (Å²) in [6, 6.07) is 6.46. The van der Waals surface area contributed by atoms with Crippen LogP contribution in [0.4, 0.5) is 0 Å². The minimum Gasteiger partial charge on any atom is -0.313 e. The normalized spacial score (nSPS) is 12.7. The summed E-state index contributed by atoms with van der Waals surface area (Å²) in [7, 11) is 3.91. The Morgan fingerprint density at radius 1 is 1.44 bits per heavy atom. The number of likely N-dealkylation sites (N-methyl/N-ethyl adjacent to an activating group) is 1. The van der Waals surface area contributed by atoms with E-state index in [1.165, 1.54) is 11.1 Å². The average Bonchev–Trinajstić information content (AvgIpc) is 2.75. The molecule has 2 aromatic rings. The van der Waals surface area contributed by atoms with Gasteiger partial charge in [-0.15, -0.1) is 0 Å². The lowest BCUT2D eigenvalue weighted by atomic mass is 9.99. The van der Waals surface area contributed by atoms with E-state index in [2.05, 4.69) is 22.5 Å². The van der Waals surface area contributed by atoms with Crippen LogP contribution in [0.1, 0.15) is 22.7 Å². The summed E-state index contributed by atoms with van der Waals surface area (Å²) >= 11 is 6.06. The van der Waals surface area contributed by atoms with Crippen LogP contribution in [0.5, 0.6) is 0 Å². The molecular weight excluding hydrogens is 246 g/mol. The SMILES string of the molecule is CNC(Cc1cnn(C)c1)c1ccc(Cl)c(C)c1. The molecule has 0 aliphatic carbocycles. The largest absolute Gasteiger partial charge is 0.313 e. The Hall–Kier alpha value is -1.32. The Labute approximate surface area is 113 Å². The summed E-state index contributed by atoms with van der Waals surface area (Å²) in [6.07, 6.45) is 4.88. The van der Waals surface area contributed by atoms with Crippen molar-refractivity contribution in [2.24, 2.45) is 7.05 Å². The van der Waals surface area contributed by atoms with E-state index in [0.29, 0.717) is 0 Å². The van der Waals surface area contributed by atoms with Crippen LogP contribution in [0, 0.1) is 6.92 Å². The van der Waals surface area contributed by atoms with E-state index in [1.54, 1.807) is 0 Å². The van der Waals surface area contributed by atoms with Crippen molar-refractivity contribution in [3.8, 4) is 0 Å². The number of rotatable bonds is 4. The zero-order chi connectivity index (χ0) is 13.1. The summed E-state index contributed by atoms with van der Waals surface area (Å²) in [4.78, 5) is 0. The zero-order valence-corrected chi connectivity index (χ0v) is 11.7. The van der Waals surface area contributed by atoms with Gasteiger partial charge in [-0.1, -0.05) is 23.7 Å². The molecule has 0 fully saturated rings. The Morgan fingerprint density at radius 3 is 2.78 bits per heavy atom. The highest BCUT2D eigenvalue weighted by molar-refractivity contribution is 6.31. The van der Waals surface area contributed by atoms with Gasteiger partial charge in [-0.3, -0.25) is 4.68 Å². The van der Waals surface area contributed by atoms with Gasteiger partial charge in [-0.25, -0.2) is 0 Å². The molecule has 1 heterocycles. The maximum Gasteiger partial charge on any atom is 0.0522 e. The van der Waals surface area contributed by atoms with Crippen molar-refractivity contribution in [3.63, 3.8) is 0 Å². The number of nitrogens with zero attached hydrogens (tertiary/aromatic N) is 2. The van der Waals surface area contributed by atoms with Crippen LogP contribution in [-0.2, 0) is 13.5 Å². The number of nitrogens with one attached hydrogen (secondary N) is 1. The van der Waals surface area contributed by atoms with E-state index in [9.17, 15) is 0 Å². The van der Waals surface area contributed by atoms with Gasteiger partial charge in [0.15, 0.2) is 0 Å². The average molecular weight is 264 g/mol. The second-order valence-corrected chi connectivity index (χ2v) is 4.98. The highest BCUT2D eigenvalue weighted by Crippen LogP contribution is 2.23. The molecule has 0 radical (unpaired) electrons. The molecule has 96 valence electrons. The van der Waals surface area contributed by atoms with Crippen LogP contribution in [0.2, 0.25) is 5.02 Å². The van der Waals surface area contributed by atoms with Gasteiger partial charge in [0.2, 0.25) is 0 Å². The molecular formula is C14H18ClN3. The fraction of sp³-hybridized carbons (Fsp3) is 0.357. The standard InChI is InChI=1S/C14H18ClN3/c1-10-6-12(4-5-13(10)15)14(16-2)7-11-8-17-18(3)9-11/h4-6,8-9,14,16H,7H2,1-3H3. The van der Waals surface area contributed by atoms with Gasteiger partial charge in [0.1, 0.15) is 0 Å². The van der Waals surface area contributed by atoms with E-state index in [0.717, 1.165) is 17.0 Å². The van der Waals surface area contributed by atoms with Gasteiger partial charge in [0.05, 0.1) is 6.20 Å². The van der Waals surface area contributed by atoms with Crippen LogP contribution in [0.15, 0.2) is 30.6 Å². The summed E-state index contributed by atoms with van der Waals surface area (Å²) in [6.45, 7) is 2.03. The molecule has 0 saturated heterocycles. The molecule has 1 N–H and O–H groups in total. The van der Waals surface area contributed by atoms with Crippen molar-refractivity contribution in [2.75, 3.05) is 7.05 Å². The molecule has 1 aromatic carbocycles. The minimum absolute atomic E-state index is 0.283. The lowest BCUT2D eigenvalue weighted by Crippen LogP contribution is -2.18. The highest BCUT2D eigenvalue weighted by Gasteiger charge is 2.12. The number of aryl methyl sites for hydroxylation is 2. The van der Waals surface area contributed by atoms with Crippen LogP contribution < -0.4 is 5.32 Å². The Balaban J connectivity index is 2.19. The first-order valence-electron chi connectivity index (χ1n) is 6.01. The Kier molecular flexibility index (Phi) is 4.04. The molecule has 3 nitrogen and oxygen atoms in total. The van der Waals surface area contributed by atoms with E-state index >= 15 is 0 Å². The molecule has 1 aromatic heterocycles. The maximum absolute atomic E-state index is 6.06. The zero-order valence-electron chi connectivity index (χ0n) is 10.9. The van der Waals surface area contributed by atoms with E-state index < -0.39 is 0 Å². The number of benzene rings is 1. The predicted octanol–water partition coefficient (Wildman–Crippen LogP) is 2.89. The molecule has 4 heteroatoms. The number of hydrogen-bond acceptors (Lipinski definition) is 2. The van der Waals surface area contributed by atoms with E-state index in [4.69, 9.17) is 11.6 Å². The lowest BCUT2D eigenvalue weighted by Gasteiger charge is -2.16. The third-order valence-electron chi connectivity index (χ3n) is 3.13. The van der Waals surface area contributed by atoms with Gasteiger partial charge >= 0.3 is 0 Å². The van der Waals surface area contributed by atoms with Crippen molar-refractivity contribution in [3.05, 3.63) is 52.3 Å². The molecule has 0 aliphatic heterocycles. The van der Waals surface area contributed by atoms with Crippen LogP contribution in [0.25, 0.3) is 0 Å². The monoisotopic (exact) mass is 263 g/mol. The van der Waals surface area contributed by atoms with Gasteiger partial charge in [-0.2, -0.15) is 5.10 Å². The molecule has 2 rings (SSSR count). The maximum atomic E-state index is 6.06. The second kappa shape index (κ2) is 5.55. The summed E-state index contributed by atoms with van der Waals surface area (Å²) in [5.74, 6) is 0. The molecule has 0 spiro atoms. The predicted molar refractivity (Wildman–Crippen MR) is 74.9 cm³/mol. The molecule has 0 bridgehead atoms. The van der Waals surface area contributed by atoms with Gasteiger partial charge < -0.3 is 5.32 Å². The topological polar surface area (TPSA) is 29.9 Å². The highest BCUT2D eigenvalue weighted by atomic mass is 35.5. The van der Waals surface area contributed by atoms with Crippen molar-refractivity contribution in [1.82, 2.24) is 15.1 Å². The first-order chi connectivity index (χ1) is 8.60. The quantitative estimate of drug-likeness (QED) is 0.919. The first-order valence-corrected chi connectivity index (χ1v) is 6.39. The molecule has 0 amide bonds. The summed E-state index contributed by atoms with van der Waals surface area (Å²) in [5.41, 5.74) is 3.59. The fourth-order valence-electron chi connectivity index (χ4n) is 2.08. The van der Waals surface area contributed by atoms with Crippen LogP contribution in [-0.4, -0.2) is 16.8 Å². The van der Waals surface area contributed by atoms with Crippen molar-refractivity contribution >= 4 is 11.6 Å². The molecule has 1 unspecified atom stereocenters. The van der Waals surface area contributed by atoms with Gasteiger partial charge in [0.25, 0.3) is 0 Å². The fourth-order valence-corrected chi connectivity index (χ4v) is 2.20. The number of halogens is 1. The molecule has 18 heavy (non-hydrogen) atoms. The molecule has 0 saturated carbocycles. The van der Waals surface area contributed by atoms with Crippen molar-refractivity contribution in [2.45, 2.75) is 19.4 Å². The minimum atomic E-state index is 0.283. The van der Waals surface area contributed by atoms with Gasteiger partial charge in [0, 0.05) is 24.3 Å². The first kappa shape index (κ1) is 13.1. The lowest BCUT2D eigenvalue weighted by molar-refractivity contribution is 0.591. The third-order valence-corrected chi connectivity index (χ3v) is 3.56. The number of hydrogen-bond donors (Lipinski definition) is 1. The van der Waals surface area contributed by atoms with E-state index in [1.807, 2.05) is 44.2 Å². The Bertz CT molecular complexity index is 534. The Morgan fingerprint density at radius 2 is 2.22 bits per heavy atom. The summed E-state index contributed by atoms with van der Waals surface area (Å²) in [5, 5.41) is 8.35. The van der Waals surface area contributed by atoms with Crippen LogP contribution >= 0.6 is 11.6 Å². The smallest absolute Gasteiger partial charge is 0.0522 e. The molecule has 1 atom stereocenters. The number of aromatic nitrogens is 2. The van der Waals surface area contributed by atoms with Gasteiger partial charge in [-0.05, 0) is 43.1 Å². The van der Waals surface area contributed by atoms with Crippen LogP contribution in [0.3, 0.4) is 0 Å². The molecule has 0 aliphatic rings. The second-order valence-electron chi connectivity index (χ2n) is 4.58. The third kappa shape index (κ3) is 2.92.